The van der Waals surface area contributed by atoms with Crippen molar-refractivity contribution < 1.29 is 9.84 Å². The summed E-state index contributed by atoms with van der Waals surface area (Å²) in [5.74, 6) is 0.951. The van der Waals surface area contributed by atoms with Gasteiger partial charge in [-0.2, -0.15) is 5.10 Å². The Balaban J connectivity index is 2.43. The number of nitrogens with one attached hydrogen (secondary N) is 1. The summed E-state index contributed by atoms with van der Waals surface area (Å²) in [7, 11) is 1.64. The van der Waals surface area contributed by atoms with E-state index in [2.05, 4.69) is 10.2 Å². The van der Waals surface area contributed by atoms with Gasteiger partial charge in [-0.3, -0.25) is 9.67 Å². The maximum atomic E-state index is 9.74. The van der Waals surface area contributed by atoms with Crippen LogP contribution in [0.5, 0.6) is 5.75 Å². The SMILES string of the molecule is COCCn1c(-c2ccc(C)c(O)c2)n[nH]c1=S. The highest BCUT2D eigenvalue weighted by Crippen LogP contribution is 2.24. The Labute approximate surface area is 110 Å². The minimum atomic E-state index is 0.250. The number of phenolic OH excluding ortho intramolecular Hbond substituents is 1. The topological polar surface area (TPSA) is 63.1 Å². The first kappa shape index (κ1) is 12.8. The number of methoxy groups -OCH3 is 1. The monoisotopic (exact) mass is 265 g/mol. The molecule has 2 rings (SSSR count). The largest absolute Gasteiger partial charge is 0.508 e. The van der Waals surface area contributed by atoms with Crippen molar-refractivity contribution in [3.8, 4) is 17.1 Å². The molecule has 1 aromatic carbocycles. The van der Waals surface area contributed by atoms with Gasteiger partial charge in [0.15, 0.2) is 10.6 Å². The molecule has 0 atom stereocenters. The summed E-state index contributed by atoms with van der Waals surface area (Å²) in [6.07, 6.45) is 0. The second-order valence-corrected chi connectivity index (χ2v) is 4.38. The molecule has 2 aromatic rings. The van der Waals surface area contributed by atoms with Crippen molar-refractivity contribution in [3.05, 3.63) is 28.5 Å². The second-order valence-electron chi connectivity index (χ2n) is 4.00. The van der Waals surface area contributed by atoms with Crippen LogP contribution >= 0.6 is 12.2 Å². The standard InChI is InChI=1S/C12H15N3O2S/c1-8-3-4-9(7-10(8)16)11-13-14-12(18)15(11)5-6-17-2/h3-4,7,16H,5-6H2,1-2H3,(H,14,18). The molecule has 6 heteroatoms. The fourth-order valence-corrected chi connectivity index (χ4v) is 1.90. The highest BCUT2D eigenvalue weighted by atomic mass is 32.1. The van der Waals surface area contributed by atoms with E-state index in [0.717, 1.165) is 11.1 Å². The molecule has 0 radical (unpaired) electrons. The molecular weight excluding hydrogens is 250 g/mol. The summed E-state index contributed by atoms with van der Waals surface area (Å²) in [5.41, 5.74) is 1.65. The van der Waals surface area contributed by atoms with E-state index in [1.807, 2.05) is 23.6 Å². The number of benzene rings is 1. The number of aromatic hydroxyl groups is 1. The van der Waals surface area contributed by atoms with Crippen LogP contribution in [0.4, 0.5) is 0 Å². The number of aromatic amines is 1. The molecule has 18 heavy (non-hydrogen) atoms. The zero-order chi connectivity index (χ0) is 13.1. The third-order valence-electron chi connectivity index (χ3n) is 2.74. The van der Waals surface area contributed by atoms with Crippen LogP contribution in [0.25, 0.3) is 11.4 Å². The molecule has 0 saturated carbocycles. The summed E-state index contributed by atoms with van der Waals surface area (Å²) in [5, 5.41) is 16.7. The molecule has 0 aliphatic rings. The summed E-state index contributed by atoms with van der Waals surface area (Å²) in [6, 6.07) is 5.44. The van der Waals surface area contributed by atoms with Gasteiger partial charge in [0.25, 0.3) is 0 Å². The van der Waals surface area contributed by atoms with Gasteiger partial charge in [0.2, 0.25) is 0 Å². The normalized spacial score (nSPS) is 10.8. The van der Waals surface area contributed by atoms with Gasteiger partial charge in [0.1, 0.15) is 5.75 Å². The van der Waals surface area contributed by atoms with Crippen LogP contribution in [0.2, 0.25) is 0 Å². The Hall–Kier alpha value is -1.66. The van der Waals surface area contributed by atoms with Crippen molar-refractivity contribution in [1.82, 2.24) is 14.8 Å². The van der Waals surface area contributed by atoms with Crippen LogP contribution in [0.1, 0.15) is 5.56 Å². The molecule has 1 heterocycles. The minimum Gasteiger partial charge on any atom is -0.508 e. The summed E-state index contributed by atoms with van der Waals surface area (Å²) < 4.78 is 7.44. The van der Waals surface area contributed by atoms with E-state index in [0.29, 0.717) is 23.7 Å². The van der Waals surface area contributed by atoms with Crippen molar-refractivity contribution in [2.75, 3.05) is 13.7 Å². The quantitative estimate of drug-likeness (QED) is 0.832. The Kier molecular flexibility index (Phi) is 3.78. The number of H-pyrrole nitrogens is 1. The molecule has 0 aliphatic heterocycles. The van der Waals surface area contributed by atoms with Gasteiger partial charge in [-0.1, -0.05) is 12.1 Å². The van der Waals surface area contributed by atoms with Gasteiger partial charge >= 0.3 is 0 Å². The molecular formula is C12H15N3O2S. The predicted octanol–water partition coefficient (Wildman–Crippen LogP) is 2.27. The summed E-state index contributed by atoms with van der Waals surface area (Å²) >= 11 is 5.17. The van der Waals surface area contributed by atoms with Crippen LogP contribution in [0.3, 0.4) is 0 Å². The van der Waals surface area contributed by atoms with Gasteiger partial charge in [0, 0.05) is 12.7 Å². The third-order valence-corrected chi connectivity index (χ3v) is 3.06. The van der Waals surface area contributed by atoms with E-state index in [9.17, 15) is 5.11 Å². The lowest BCUT2D eigenvalue weighted by Gasteiger charge is -2.07. The number of aromatic nitrogens is 3. The smallest absolute Gasteiger partial charge is 0.195 e. The second kappa shape index (κ2) is 5.32. The van der Waals surface area contributed by atoms with E-state index in [1.165, 1.54) is 0 Å². The van der Waals surface area contributed by atoms with Crippen molar-refractivity contribution in [2.45, 2.75) is 13.5 Å². The minimum absolute atomic E-state index is 0.250. The number of ether oxygens (including phenoxy) is 1. The molecule has 0 aliphatic carbocycles. The van der Waals surface area contributed by atoms with Crippen LogP contribution in [0.15, 0.2) is 18.2 Å². The highest BCUT2D eigenvalue weighted by Gasteiger charge is 2.10. The number of phenols is 1. The lowest BCUT2D eigenvalue weighted by atomic mass is 10.1. The van der Waals surface area contributed by atoms with Crippen molar-refractivity contribution in [2.24, 2.45) is 0 Å². The van der Waals surface area contributed by atoms with Gasteiger partial charge < -0.3 is 9.84 Å². The molecule has 0 fully saturated rings. The molecule has 2 N–H and O–H groups in total. The Morgan fingerprint density at radius 3 is 2.94 bits per heavy atom. The predicted molar refractivity (Wildman–Crippen MR) is 71.1 cm³/mol. The summed E-state index contributed by atoms with van der Waals surface area (Å²) in [6.45, 7) is 3.02. The Morgan fingerprint density at radius 1 is 1.50 bits per heavy atom. The number of hydrogen-bond donors (Lipinski definition) is 2. The zero-order valence-corrected chi connectivity index (χ0v) is 11.1. The number of nitrogens with zero attached hydrogens (tertiary/aromatic N) is 2. The first-order valence-corrected chi connectivity index (χ1v) is 5.98. The zero-order valence-electron chi connectivity index (χ0n) is 10.3. The fraction of sp³-hybridized carbons (Fsp3) is 0.333. The van der Waals surface area contributed by atoms with Gasteiger partial charge in [-0.15, -0.1) is 0 Å². The van der Waals surface area contributed by atoms with Gasteiger partial charge in [-0.05, 0) is 30.8 Å². The van der Waals surface area contributed by atoms with Crippen LogP contribution < -0.4 is 0 Å². The fourth-order valence-electron chi connectivity index (χ4n) is 1.68. The van der Waals surface area contributed by atoms with E-state index < -0.39 is 0 Å². The molecule has 0 bridgehead atoms. The number of rotatable bonds is 4. The molecule has 0 unspecified atom stereocenters. The van der Waals surface area contributed by atoms with E-state index in [1.54, 1.807) is 13.2 Å². The number of hydrogen-bond acceptors (Lipinski definition) is 4. The van der Waals surface area contributed by atoms with Crippen molar-refractivity contribution in [3.63, 3.8) is 0 Å². The van der Waals surface area contributed by atoms with E-state index in [-0.39, 0.29) is 5.75 Å². The first-order chi connectivity index (χ1) is 8.63. The molecule has 96 valence electrons. The maximum Gasteiger partial charge on any atom is 0.195 e. The van der Waals surface area contributed by atoms with Crippen LogP contribution in [-0.4, -0.2) is 33.6 Å². The Bertz CT molecular complexity index is 604. The first-order valence-electron chi connectivity index (χ1n) is 5.57. The molecule has 5 nitrogen and oxygen atoms in total. The lowest BCUT2D eigenvalue weighted by Crippen LogP contribution is -2.06. The molecule has 0 spiro atoms. The van der Waals surface area contributed by atoms with Crippen molar-refractivity contribution in [1.29, 1.82) is 0 Å². The number of aryl methyl sites for hydroxylation is 1. The maximum absolute atomic E-state index is 9.74. The summed E-state index contributed by atoms with van der Waals surface area (Å²) in [4.78, 5) is 0. The molecule has 1 aromatic heterocycles. The van der Waals surface area contributed by atoms with E-state index in [4.69, 9.17) is 17.0 Å². The van der Waals surface area contributed by atoms with Crippen molar-refractivity contribution >= 4 is 12.2 Å². The lowest BCUT2D eigenvalue weighted by molar-refractivity contribution is 0.187. The van der Waals surface area contributed by atoms with Crippen LogP contribution in [-0.2, 0) is 11.3 Å². The highest BCUT2D eigenvalue weighted by molar-refractivity contribution is 7.71. The third kappa shape index (κ3) is 2.44. The Morgan fingerprint density at radius 2 is 2.28 bits per heavy atom. The van der Waals surface area contributed by atoms with Gasteiger partial charge in [-0.25, -0.2) is 0 Å². The van der Waals surface area contributed by atoms with E-state index >= 15 is 0 Å². The average molecular weight is 265 g/mol. The van der Waals surface area contributed by atoms with Gasteiger partial charge in [0.05, 0.1) is 13.2 Å². The molecule has 0 saturated heterocycles. The average Bonchev–Trinajstić information content (AvgIpc) is 2.72. The van der Waals surface area contributed by atoms with Crippen LogP contribution in [0, 0.1) is 11.7 Å². The molecule has 0 amide bonds.